The number of carboxylic acid groups (broad SMARTS) is 1. The summed E-state index contributed by atoms with van der Waals surface area (Å²) in [6.45, 7) is 5.91. The van der Waals surface area contributed by atoms with Crippen LogP contribution in [0.1, 0.15) is 83.0 Å². The molecule has 0 bridgehead atoms. The molecule has 3 N–H and O–H groups in total. The Morgan fingerprint density at radius 1 is 0.694 bits per heavy atom. The summed E-state index contributed by atoms with van der Waals surface area (Å²) in [5.41, 5.74) is 4.66. The van der Waals surface area contributed by atoms with E-state index in [0.29, 0.717) is 46.7 Å². The number of aliphatic carboxylic acids is 1. The molecular weight excluding hydrogens is 624 g/mol. The van der Waals surface area contributed by atoms with Crippen molar-refractivity contribution in [2.75, 3.05) is 17.2 Å². The SMILES string of the molecule is CCC(C)(C)C(=O)OCc1ccc(Nc2ccc(Nc3ccc(CCOC(=O)CCC(=O)O)cc3)c3c2C(=O)c2ccccc2C3=O)cc1. The number of anilines is 4. The van der Waals surface area contributed by atoms with Crippen LogP contribution in [0.25, 0.3) is 0 Å². The molecule has 4 aromatic rings. The van der Waals surface area contributed by atoms with E-state index in [-0.39, 0.29) is 54.7 Å². The van der Waals surface area contributed by atoms with Gasteiger partial charge in [0.25, 0.3) is 0 Å². The van der Waals surface area contributed by atoms with Gasteiger partial charge in [0.2, 0.25) is 0 Å². The molecular formula is C39H38N2O8. The second kappa shape index (κ2) is 15.0. The molecule has 0 atom stereocenters. The summed E-state index contributed by atoms with van der Waals surface area (Å²) >= 11 is 0. The number of fused-ring (bicyclic) bond motifs is 2. The second-order valence-corrected chi connectivity index (χ2v) is 12.4. The van der Waals surface area contributed by atoms with Crippen LogP contribution in [0.2, 0.25) is 0 Å². The minimum absolute atomic E-state index is 0.122. The fraction of sp³-hybridized carbons (Fsp3) is 0.256. The highest BCUT2D eigenvalue weighted by molar-refractivity contribution is 6.32. The number of benzene rings is 4. The zero-order valence-electron chi connectivity index (χ0n) is 27.6. The van der Waals surface area contributed by atoms with Gasteiger partial charge in [-0.1, -0.05) is 55.5 Å². The largest absolute Gasteiger partial charge is 0.481 e. The highest BCUT2D eigenvalue weighted by Crippen LogP contribution is 2.38. The van der Waals surface area contributed by atoms with E-state index in [2.05, 4.69) is 10.6 Å². The Bertz CT molecular complexity index is 1900. The van der Waals surface area contributed by atoms with Crippen LogP contribution >= 0.6 is 0 Å². The van der Waals surface area contributed by atoms with Crippen molar-refractivity contribution in [3.8, 4) is 0 Å². The molecule has 0 spiro atoms. The Morgan fingerprint density at radius 2 is 1.20 bits per heavy atom. The third kappa shape index (κ3) is 8.21. The quantitative estimate of drug-likeness (QED) is 0.103. The molecule has 1 aliphatic rings. The number of esters is 2. The summed E-state index contributed by atoms with van der Waals surface area (Å²) in [6.07, 6.45) is 0.670. The van der Waals surface area contributed by atoms with Gasteiger partial charge in [-0.05, 0) is 67.8 Å². The molecule has 0 amide bonds. The van der Waals surface area contributed by atoms with Crippen molar-refractivity contribution in [3.05, 3.63) is 118 Å². The van der Waals surface area contributed by atoms with Crippen molar-refractivity contribution in [3.63, 3.8) is 0 Å². The highest BCUT2D eigenvalue weighted by Gasteiger charge is 2.34. The average molecular weight is 663 g/mol. The Labute approximate surface area is 284 Å². The number of hydrogen-bond donors (Lipinski definition) is 3. The third-order valence-electron chi connectivity index (χ3n) is 8.54. The fourth-order valence-corrected chi connectivity index (χ4v) is 5.23. The van der Waals surface area contributed by atoms with E-state index in [1.807, 2.05) is 69.3 Å². The van der Waals surface area contributed by atoms with Crippen LogP contribution in [0.5, 0.6) is 0 Å². The summed E-state index contributed by atoms with van der Waals surface area (Å²) < 4.78 is 10.6. The van der Waals surface area contributed by atoms with Crippen molar-refractivity contribution >= 4 is 52.2 Å². The van der Waals surface area contributed by atoms with E-state index in [1.54, 1.807) is 36.4 Å². The van der Waals surface area contributed by atoms with Gasteiger partial charge in [-0.25, -0.2) is 0 Å². The number of carbonyl (C=O) groups excluding carboxylic acids is 4. The number of nitrogens with one attached hydrogen (secondary N) is 2. The molecule has 0 aromatic heterocycles. The first-order valence-corrected chi connectivity index (χ1v) is 16.1. The molecule has 0 aliphatic heterocycles. The molecule has 0 unspecified atom stereocenters. The van der Waals surface area contributed by atoms with Crippen molar-refractivity contribution in [2.45, 2.75) is 53.1 Å². The third-order valence-corrected chi connectivity index (χ3v) is 8.54. The van der Waals surface area contributed by atoms with Gasteiger partial charge in [-0.15, -0.1) is 0 Å². The van der Waals surface area contributed by atoms with Gasteiger partial charge >= 0.3 is 17.9 Å². The first-order chi connectivity index (χ1) is 23.5. The van der Waals surface area contributed by atoms with Gasteiger partial charge < -0.3 is 25.2 Å². The van der Waals surface area contributed by atoms with Crippen LogP contribution in [0.15, 0.2) is 84.9 Å². The Balaban J connectivity index is 1.34. The smallest absolute Gasteiger partial charge is 0.311 e. The minimum atomic E-state index is -1.05. The summed E-state index contributed by atoms with van der Waals surface area (Å²) in [6, 6.07) is 25.0. The summed E-state index contributed by atoms with van der Waals surface area (Å²) in [5, 5.41) is 15.3. The lowest BCUT2D eigenvalue weighted by Gasteiger charge is -2.24. The van der Waals surface area contributed by atoms with Crippen LogP contribution in [0.4, 0.5) is 22.7 Å². The van der Waals surface area contributed by atoms with Gasteiger partial charge in [0.05, 0.1) is 47.4 Å². The van der Waals surface area contributed by atoms with Gasteiger partial charge in [-0.3, -0.25) is 24.0 Å². The predicted molar refractivity (Wildman–Crippen MR) is 185 cm³/mol. The number of ketones is 2. The van der Waals surface area contributed by atoms with Crippen LogP contribution < -0.4 is 10.6 Å². The predicted octanol–water partition coefficient (Wildman–Crippen LogP) is 7.38. The van der Waals surface area contributed by atoms with Crippen molar-refractivity contribution in [1.29, 1.82) is 0 Å². The first-order valence-electron chi connectivity index (χ1n) is 16.1. The van der Waals surface area contributed by atoms with Gasteiger partial charge in [0.1, 0.15) is 6.61 Å². The lowest BCUT2D eigenvalue weighted by atomic mass is 9.82. The van der Waals surface area contributed by atoms with E-state index < -0.39 is 17.4 Å². The van der Waals surface area contributed by atoms with Crippen LogP contribution in [0.3, 0.4) is 0 Å². The van der Waals surface area contributed by atoms with E-state index in [1.165, 1.54) is 0 Å². The Morgan fingerprint density at radius 3 is 1.69 bits per heavy atom. The average Bonchev–Trinajstić information content (AvgIpc) is 3.10. The molecule has 0 fully saturated rings. The standard InChI is InChI=1S/C39H38N2O8/c1-4-39(2,3)38(47)49-23-25-11-15-27(16-12-25)41-31-18-17-30(34-35(31)37(46)29-8-6-5-7-28(29)36(34)45)40-26-13-9-24(10-14-26)21-22-48-33(44)20-19-32(42)43/h5-18,40-41H,4,19-23H2,1-3H3,(H,42,43). The maximum Gasteiger partial charge on any atom is 0.311 e. The maximum absolute atomic E-state index is 13.9. The van der Waals surface area contributed by atoms with E-state index >= 15 is 0 Å². The van der Waals surface area contributed by atoms with Crippen molar-refractivity contribution < 1.29 is 38.6 Å². The van der Waals surface area contributed by atoms with E-state index in [9.17, 15) is 24.0 Å². The van der Waals surface area contributed by atoms with E-state index in [4.69, 9.17) is 14.6 Å². The topological polar surface area (TPSA) is 148 Å². The second-order valence-electron chi connectivity index (χ2n) is 12.4. The monoisotopic (exact) mass is 662 g/mol. The number of hydrogen-bond acceptors (Lipinski definition) is 9. The Hall–Kier alpha value is -5.77. The van der Waals surface area contributed by atoms with Gasteiger partial charge in [-0.2, -0.15) is 0 Å². The van der Waals surface area contributed by atoms with E-state index in [0.717, 1.165) is 11.1 Å². The van der Waals surface area contributed by atoms with Crippen molar-refractivity contribution in [2.24, 2.45) is 5.41 Å². The summed E-state index contributed by atoms with van der Waals surface area (Å²) in [5.74, 6) is -2.42. The number of carbonyl (C=O) groups is 5. The zero-order valence-corrected chi connectivity index (χ0v) is 27.6. The zero-order chi connectivity index (χ0) is 35.1. The van der Waals surface area contributed by atoms with Crippen LogP contribution in [-0.2, 0) is 36.9 Å². The molecule has 252 valence electrons. The molecule has 0 radical (unpaired) electrons. The lowest BCUT2D eigenvalue weighted by Crippen LogP contribution is -2.25. The van der Waals surface area contributed by atoms with Gasteiger partial charge in [0.15, 0.2) is 11.6 Å². The molecule has 0 saturated heterocycles. The maximum atomic E-state index is 13.9. The molecule has 0 heterocycles. The van der Waals surface area contributed by atoms with Gasteiger partial charge in [0, 0.05) is 28.9 Å². The molecule has 5 rings (SSSR count). The molecule has 0 saturated carbocycles. The number of carboxylic acids is 1. The lowest BCUT2D eigenvalue weighted by molar-refractivity contribution is -0.155. The molecule has 10 heteroatoms. The van der Waals surface area contributed by atoms with Crippen LogP contribution in [0, 0.1) is 5.41 Å². The molecule has 4 aromatic carbocycles. The summed E-state index contributed by atoms with van der Waals surface area (Å²) in [7, 11) is 0. The Kier molecular flexibility index (Phi) is 10.6. The minimum Gasteiger partial charge on any atom is -0.481 e. The fourth-order valence-electron chi connectivity index (χ4n) is 5.23. The van der Waals surface area contributed by atoms with Crippen molar-refractivity contribution in [1.82, 2.24) is 0 Å². The molecule has 10 nitrogen and oxygen atoms in total. The normalized spacial score (nSPS) is 12.1. The first kappa shape index (κ1) is 34.6. The number of ether oxygens (including phenoxy) is 2. The summed E-state index contributed by atoms with van der Waals surface area (Å²) in [4.78, 5) is 62.5. The van der Waals surface area contributed by atoms with Crippen LogP contribution in [-0.4, -0.2) is 41.2 Å². The molecule has 49 heavy (non-hydrogen) atoms. The number of rotatable bonds is 14. The molecule has 1 aliphatic carbocycles. The highest BCUT2D eigenvalue weighted by atomic mass is 16.5.